The van der Waals surface area contributed by atoms with E-state index in [1.54, 1.807) is 4.57 Å². The molecular formula is C15H17N3O2S. The first-order valence-corrected chi connectivity index (χ1v) is 7.58. The normalized spacial score (nSPS) is 10.5. The monoisotopic (exact) mass is 303 g/mol. The van der Waals surface area contributed by atoms with E-state index in [-0.39, 0.29) is 18.3 Å². The van der Waals surface area contributed by atoms with E-state index in [1.807, 2.05) is 38.1 Å². The smallest absolute Gasteiger partial charge is 0.344 e. The Hall–Kier alpha value is -1.97. The van der Waals surface area contributed by atoms with Gasteiger partial charge in [-0.25, -0.2) is 9.89 Å². The van der Waals surface area contributed by atoms with Crippen LogP contribution in [0.15, 0.2) is 34.2 Å². The zero-order chi connectivity index (χ0) is 15.2. The lowest BCUT2D eigenvalue weighted by Crippen LogP contribution is -2.19. The maximum atomic E-state index is 11.7. The molecule has 1 heterocycles. The van der Waals surface area contributed by atoms with Crippen LogP contribution in [-0.2, 0) is 5.75 Å². The number of nitrogens with zero attached hydrogens (tertiary/aromatic N) is 2. The van der Waals surface area contributed by atoms with Crippen LogP contribution in [0.4, 0.5) is 0 Å². The van der Waals surface area contributed by atoms with Gasteiger partial charge >= 0.3 is 5.69 Å². The van der Waals surface area contributed by atoms with Crippen LogP contribution in [0.3, 0.4) is 0 Å². The number of aromatic amines is 1. The van der Waals surface area contributed by atoms with Gasteiger partial charge in [-0.3, -0.25) is 4.57 Å². The van der Waals surface area contributed by atoms with Crippen molar-refractivity contribution in [3.05, 3.63) is 45.9 Å². The van der Waals surface area contributed by atoms with Gasteiger partial charge in [-0.15, -0.1) is 5.10 Å². The van der Waals surface area contributed by atoms with E-state index in [9.17, 15) is 4.79 Å². The summed E-state index contributed by atoms with van der Waals surface area (Å²) in [6.07, 6.45) is 0. The minimum absolute atomic E-state index is 0.0699. The molecule has 0 amide bonds. The second-order valence-electron chi connectivity index (χ2n) is 4.72. The zero-order valence-corrected chi connectivity index (χ0v) is 12.8. The SMILES string of the molecule is CC(C)n1c(SCc2cccc(C#CCO)c2)n[nH]c1=O. The second-order valence-corrected chi connectivity index (χ2v) is 5.67. The fourth-order valence-corrected chi connectivity index (χ4v) is 2.89. The molecule has 0 unspecified atom stereocenters. The lowest BCUT2D eigenvalue weighted by Gasteiger charge is -2.08. The Morgan fingerprint density at radius 1 is 1.48 bits per heavy atom. The number of aliphatic hydroxyl groups excluding tert-OH is 1. The summed E-state index contributed by atoms with van der Waals surface area (Å²) >= 11 is 1.50. The van der Waals surface area contributed by atoms with Gasteiger partial charge in [-0.05, 0) is 31.5 Å². The van der Waals surface area contributed by atoms with Crippen molar-refractivity contribution < 1.29 is 5.11 Å². The summed E-state index contributed by atoms with van der Waals surface area (Å²) in [5.41, 5.74) is 1.77. The van der Waals surface area contributed by atoms with E-state index >= 15 is 0 Å². The highest BCUT2D eigenvalue weighted by Crippen LogP contribution is 2.22. The maximum absolute atomic E-state index is 11.7. The summed E-state index contributed by atoms with van der Waals surface area (Å²) in [4.78, 5) is 11.7. The molecule has 0 saturated carbocycles. The number of rotatable bonds is 4. The summed E-state index contributed by atoms with van der Waals surface area (Å²) in [6, 6.07) is 7.87. The molecule has 6 heteroatoms. The Kier molecular flexibility index (Phi) is 5.26. The molecule has 2 aromatic rings. The first-order valence-electron chi connectivity index (χ1n) is 6.60. The van der Waals surface area contributed by atoms with Crippen LogP contribution in [0.1, 0.15) is 31.0 Å². The molecule has 0 atom stereocenters. The Morgan fingerprint density at radius 3 is 3.00 bits per heavy atom. The van der Waals surface area contributed by atoms with Gasteiger partial charge in [0.05, 0.1) is 0 Å². The fourth-order valence-electron chi connectivity index (χ4n) is 1.88. The molecule has 2 rings (SSSR count). The maximum Gasteiger partial charge on any atom is 0.344 e. The lowest BCUT2D eigenvalue weighted by molar-refractivity contribution is 0.350. The van der Waals surface area contributed by atoms with E-state index in [0.717, 1.165) is 11.1 Å². The summed E-state index contributed by atoms with van der Waals surface area (Å²) in [5, 5.41) is 15.9. The van der Waals surface area contributed by atoms with Crippen LogP contribution in [0.25, 0.3) is 0 Å². The van der Waals surface area contributed by atoms with Crippen molar-refractivity contribution in [2.75, 3.05) is 6.61 Å². The number of aromatic nitrogens is 3. The van der Waals surface area contributed by atoms with Crippen molar-refractivity contribution in [1.82, 2.24) is 14.8 Å². The van der Waals surface area contributed by atoms with E-state index in [0.29, 0.717) is 10.9 Å². The fraction of sp³-hybridized carbons (Fsp3) is 0.333. The average molecular weight is 303 g/mol. The number of hydrogen-bond acceptors (Lipinski definition) is 4. The molecule has 1 aromatic heterocycles. The summed E-state index contributed by atoms with van der Waals surface area (Å²) in [6.45, 7) is 3.76. The predicted molar refractivity (Wildman–Crippen MR) is 83.2 cm³/mol. The number of thioether (sulfide) groups is 1. The van der Waals surface area contributed by atoms with Crippen molar-refractivity contribution in [3.63, 3.8) is 0 Å². The van der Waals surface area contributed by atoms with Crippen LogP contribution < -0.4 is 5.69 Å². The van der Waals surface area contributed by atoms with E-state index in [1.165, 1.54) is 11.8 Å². The second kappa shape index (κ2) is 7.16. The number of aliphatic hydroxyl groups is 1. The highest BCUT2D eigenvalue weighted by Gasteiger charge is 2.11. The Bertz CT molecular complexity index is 722. The number of benzene rings is 1. The highest BCUT2D eigenvalue weighted by molar-refractivity contribution is 7.98. The first-order chi connectivity index (χ1) is 10.1. The van der Waals surface area contributed by atoms with Crippen molar-refractivity contribution in [2.24, 2.45) is 0 Å². The summed E-state index contributed by atoms with van der Waals surface area (Å²) in [7, 11) is 0. The number of nitrogens with one attached hydrogen (secondary N) is 1. The standard InChI is InChI=1S/C15H17N3O2S/c1-11(2)18-14(20)16-17-15(18)21-10-13-6-3-5-12(9-13)7-4-8-19/h3,5-6,9,11,19H,8,10H2,1-2H3,(H,16,20). The van der Waals surface area contributed by atoms with Gasteiger partial charge in [0.1, 0.15) is 6.61 Å². The Labute approximate surface area is 127 Å². The molecule has 0 bridgehead atoms. The van der Waals surface area contributed by atoms with E-state index < -0.39 is 0 Å². The molecule has 0 radical (unpaired) electrons. The van der Waals surface area contributed by atoms with Gasteiger partial charge in [0.25, 0.3) is 0 Å². The van der Waals surface area contributed by atoms with Crippen molar-refractivity contribution in [3.8, 4) is 11.8 Å². The largest absolute Gasteiger partial charge is 0.384 e. The Balaban J connectivity index is 2.12. The van der Waals surface area contributed by atoms with Gasteiger partial charge < -0.3 is 5.11 Å². The van der Waals surface area contributed by atoms with Crippen LogP contribution in [0.2, 0.25) is 0 Å². The van der Waals surface area contributed by atoms with Crippen molar-refractivity contribution in [2.45, 2.75) is 30.8 Å². The molecule has 0 aliphatic rings. The Morgan fingerprint density at radius 2 is 2.29 bits per heavy atom. The minimum atomic E-state index is -0.185. The molecule has 21 heavy (non-hydrogen) atoms. The molecule has 0 saturated heterocycles. The molecule has 1 aromatic carbocycles. The van der Waals surface area contributed by atoms with Gasteiger partial charge in [0.15, 0.2) is 5.16 Å². The van der Waals surface area contributed by atoms with Crippen molar-refractivity contribution in [1.29, 1.82) is 0 Å². The molecule has 2 N–H and O–H groups in total. The minimum Gasteiger partial charge on any atom is -0.384 e. The third-order valence-electron chi connectivity index (χ3n) is 2.80. The van der Waals surface area contributed by atoms with Gasteiger partial charge in [0.2, 0.25) is 0 Å². The predicted octanol–water partition coefficient (Wildman–Crippen LogP) is 1.79. The van der Waals surface area contributed by atoms with Gasteiger partial charge in [-0.2, -0.15) is 0 Å². The molecule has 0 aliphatic carbocycles. The highest BCUT2D eigenvalue weighted by atomic mass is 32.2. The first kappa shape index (κ1) is 15.4. The van der Waals surface area contributed by atoms with E-state index in [2.05, 4.69) is 22.0 Å². The topological polar surface area (TPSA) is 70.9 Å². The summed E-state index contributed by atoms with van der Waals surface area (Å²) in [5.74, 6) is 6.21. The molecular weight excluding hydrogens is 286 g/mol. The third kappa shape index (κ3) is 4.00. The molecule has 0 aliphatic heterocycles. The van der Waals surface area contributed by atoms with Gasteiger partial charge in [-0.1, -0.05) is 35.7 Å². The van der Waals surface area contributed by atoms with Crippen LogP contribution in [0, 0.1) is 11.8 Å². The number of H-pyrrole nitrogens is 1. The van der Waals surface area contributed by atoms with Crippen LogP contribution in [-0.4, -0.2) is 26.5 Å². The van der Waals surface area contributed by atoms with Crippen LogP contribution >= 0.6 is 11.8 Å². The third-order valence-corrected chi connectivity index (χ3v) is 3.82. The summed E-state index contributed by atoms with van der Waals surface area (Å²) < 4.78 is 1.64. The molecule has 110 valence electrons. The van der Waals surface area contributed by atoms with E-state index in [4.69, 9.17) is 5.11 Å². The quantitative estimate of drug-likeness (QED) is 0.667. The number of hydrogen-bond donors (Lipinski definition) is 2. The zero-order valence-electron chi connectivity index (χ0n) is 12.0. The molecule has 5 nitrogen and oxygen atoms in total. The average Bonchev–Trinajstić information content (AvgIpc) is 2.84. The van der Waals surface area contributed by atoms with Crippen LogP contribution in [0.5, 0.6) is 0 Å². The molecule has 0 spiro atoms. The van der Waals surface area contributed by atoms with Crippen molar-refractivity contribution >= 4 is 11.8 Å². The molecule has 0 fully saturated rings. The lowest BCUT2D eigenvalue weighted by atomic mass is 10.1. The van der Waals surface area contributed by atoms with Gasteiger partial charge in [0, 0.05) is 17.4 Å².